The Bertz CT molecular complexity index is 1130. The molecule has 5 nitrogen and oxygen atoms in total. The minimum atomic E-state index is -0.535. The second-order valence-electron chi connectivity index (χ2n) is 6.72. The average Bonchev–Trinajstić information content (AvgIpc) is 3.24. The van der Waals surface area contributed by atoms with Crippen LogP contribution < -0.4 is 10.2 Å². The maximum atomic E-state index is 13.4. The lowest BCUT2D eigenvalue weighted by Gasteiger charge is -2.21. The fourth-order valence-electron chi connectivity index (χ4n) is 3.56. The summed E-state index contributed by atoms with van der Waals surface area (Å²) in [7, 11) is 0. The van der Waals surface area contributed by atoms with Crippen molar-refractivity contribution in [3.05, 3.63) is 88.7 Å². The van der Waals surface area contributed by atoms with E-state index in [-0.39, 0.29) is 11.8 Å². The van der Waals surface area contributed by atoms with Gasteiger partial charge in [0, 0.05) is 10.6 Å². The summed E-state index contributed by atoms with van der Waals surface area (Å²) < 4.78 is 5.61. The largest absolute Gasteiger partial charge is 0.467 e. The lowest BCUT2D eigenvalue weighted by Crippen LogP contribution is -2.33. The van der Waals surface area contributed by atoms with Gasteiger partial charge in [-0.1, -0.05) is 36.0 Å². The molecule has 0 radical (unpaired) electrons. The molecule has 0 saturated heterocycles. The van der Waals surface area contributed by atoms with Crippen molar-refractivity contribution in [2.45, 2.75) is 17.9 Å². The first kappa shape index (κ1) is 16.9. The molecule has 0 spiro atoms. The molecule has 5 rings (SSSR count). The van der Waals surface area contributed by atoms with Crippen LogP contribution in [0.3, 0.4) is 0 Å². The minimum absolute atomic E-state index is 0.300. The third-order valence-corrected chi connectivity index (χ3v) is 6.03. The van der Waals surface area contributed by atoms with Gasteiger partial charge in [-0.2, -0.15) is 0 Å². The van der Waals surface area contributed by atoms with Crippen LogP contribution in [0.15, 0.2) is 86.7 Å². The highest BCUT2D eigenvalue weighted by molar-refractivity contribution is 8.04. The zero-order valence-electron chi connectivity index (χ0n) is 15.0. The summed E-state index contributed by atoms with van der Waals surface area (Å²) in [6.07, 6.45) is 1.57. The number of anilines is 2. The molecule has 1 aromatic heterocycles. The number of imide groups is 1. The zero-order valence-corrected chi connectivity index (χ0v) is 15.8. The Kier molecular flexibility index (Phi) is 3.87. The van der Waals surface area contributed by atoms with Gasteiger partial charge in [0.2, 0.25) is 0 Å². The van der Waals surface area contributed by atoms with Gasteiger partial charge in [0.1, 0.15) is 11.8 Å². The van der Waals surface area contributed by atoms with Crippen LogP contribution in [-0.4, -0.2) is 11.8 Å². The number of carbonyl (C=O) groups excluding carboxylic acids is 2. The number of benzene rings is 2. The number of thioether (sulfide) groups is 1. The van der Waals surface area contributed by atoms with E-state index >= 15 is 0 Å². The molecule has 1 unspecified atom stereocenters. The Morgan fingerprint density at radius 2 is 1.86 bits per heavy atom. The van der Waals surface area contributed by atoms with E-state index in [0.717, 1.165) is 16.1 Å². The van der Waals surface area contributed by atoms with Crippen LogP contribution in [0.2, 0.25) is 0 Å². The molecule has 0 saturated carbocycles. The van der Waals surface area contributed by atoms with Crippen LogP contribution in [0.4, 0.5) is 11.4 Å². The molecule has 3 heterocycles. The third-order valence-electron chi connectivity index (χ3n) is 4.85. The Morgan fingerprint density at radius 3 is 2.64 bits per heavy atom. The van der Waals surface area contributed by atoms with Gasteiger partial charge in [-0.3, -0.25) is 9.59 Å². The SMILES string of the molecule is Cc1cccc(N2C(=O)C3=C(C2=O)C(c2ccco2)Nc2ccccc2S3)c1. The highest BCUT2D eigenvalue weighted by Gasteiger charge is 2.45. The Hall–Kier alpha value is -3.25. The molecule has 0 bridgehead atoms. The second kappa shape index (κ2) is 6.42. The molecular formula is C22H16N2O3S. The molecule has 2 amide bonds. The standard InChI is InChI=1S/C22H16N2O3S/c1-13-6-4-7-14(12-13)24-21(25)18-19(16-9-5-11-27-16)23-15-8-2-3-10-17(15)28-20(18)22(24)26/h2-12,19,23H,1H3. The molecule has 2 aliphatic rings. The highest BCUT2D eigenvalue weighted by atomic mass is 32.2. The molecule has 6 heteroatoms. The summed E-state index contributed by atoms with van der Waals surface area (Å²) in [5.41, 5.74) is 2.85. The molecule has 3 aromatic rings. The van der Waals surface area contributed by atoms with Crippen molar-refractivity contribution in [2.75, 3.05) is 10.2 Å². The number of rotatable bonds is 2. The van der Waals surface area contributed by atoms with Gasteiger partial charge < -0.3 is 9.73 Å². The molecule has 1 N–H and O–H groups in total. The Morgan fingerprint density at radius 1 is 1.00 bits per heavy atom. The second-order valence-corrected chi connectivity index (χ2v) is 7.77. The quantitative estimate of drug-likeness (QED) is 0.646. The number of hydrogen-bond acceptors (Lipinski definition) is 5. The van der Waals surface area contributed by atoms with Crippen molar-refractivity contribution < 1.29 is 14.0 Å². The zero-order chi connectivity index (χ0) is 19.3. The van der Waals surface area contributed by atoms with Crippen LogP contribution >= 0.6 is 11.8 Å². The van der Waals surface area contributed by atoms with Crippen LogP contribution in [0.1, 0.15) is 17.4 Å². The summed E-state index contributed by atoms with van der Waals surface area (Å²) in [5, 5.41) is 3.40. The number of fused-ring (bicyclic) bond motifs is 1. The number of para-hydroxylation sites is 1. The lowest BCUT2D eigenvalue weighted by molar-refractivity contribution is -0.120. The van der Waals surface area contributed by atoms with E-state index in [1.807, 2.05) is 55.5 Å². The minimum Gasteiger partial charge on any atom is -0.467 e. The maximum absolute atomic E-state index is 13.4. The Labute approximate surface area is 166 Å². The normalized spacial score (nSPS) is 18.6. The number of furan rings is 1. The summed E-state index contributed by atoms with van der Waals surface area (Å²) in [4.78, 5) is 29.3. The number of amides is 2. The van der Waals surface area contributed by atoms with E-state index in [4.69, 9.17) is 4.42 Å². The fourth-order valence-corrected chi connectivity index (χ4v) is 4.66. The van der Waals surface area contributed by atoms with Crippen LogP contribution in [0.5, 0.6) is 0 Å². The maximum Gasteiger partial charge on any atom is 0.272 e. The molecule has 138 valence electrons. The lowest BCUT2D eigenvalue weighted by atomic mass is 10.0. The monoisotopic (exact) mass is 388 g/mol. The number of nitrogens with one attached hydrogen (secondary N) is 1. The van der Waals surface area contributed by atoms with Crippen LogP contribution in [0, 0.1) is 6.92 Å². The van der Waals surface area contributed by atoms with Gasteiger partial charge >= 0.3 is 0 Å². The summed E-state index contributed by atoms with van der Waals surface area (Å²) in [5.74, 6) is -0.0255. The van der Waals surface area contributed by atoms with E-state index < -0.39 is 6.04 Å². The number of aryl methyl sites for hydroxylation is 1. The van der Waals surface area contributed by atoms with Gasteiger partial charge in [-0.25, -0.2) is 4.90 Å². The number of carbonyl (C=O) groups is 2. The summed E-state index contributed by atoms with van der Waals surface area (Å²) >= 11 is 1.33. The number of nitrogens with zero attached hydrogens (tertiary/aromatic N) is 1. The average molecular weight is 388 g/mol. The van der Waals surface area contributed by atoms with Crippen molar-refractivity contribution in [2.24, 2.45) is 0 Å². The van der Waals surface area contributed by atoms with Gasteiger partial charge in [0.25, 0.3) is 11.8 Å². The van der Waals surface area contributed by atoms with Crippen molar-refractivity contribution in [3.63, 3.8) is 0 Å². The molecule has 28 heavy (non-hydrogen) atoms. The molecule has 2 aliphatic heterocycles. The Balaban J connectivity index is 1.66. The van der Waals surface area contributed by atoms with E-state index in [1.165, 1.54) is 16.7 Å². The predicted octanol–water partition coefficient (Wildman–Crippen LogP) is 4.67. The van der Waals surface area contributed by atoms with Crippen molar-refractivity contribution in [3.8, 4) is 0 Å². The summed E-state index contributed by atoms with van der Waals surface area (Å²) in [6.45, 7) is 1.94. The van der Waals surface area contributed by atoms with Gasteiger partial charge in [0.05, 0.1) is 22.4 Å². The molecule has 1 atom stereocenters. The van der Waals surface area contributed by atoms with Crippen LogP contribution in [0.25, 0.3) is 0 Å². The van der Waals surface area contributed by atoms with Gasteiger partial charge in [-0.15, -0.1) is 0 Å². The topological polar surface area (TPSA) is 62.6 Å². The third kappa shape index (κ3) is 2.57. The van der Waals surface area contributed by atoms with Crippen molar-refractivity contribution >= 4 is 35.0 Å². The van der Waals surface area contributed by atoms with Crippen molar-refractivity contribution in [1.29, 1.82) is 0 Å². The first-order valence-electron chi connectivity index (χ1n) is 8.90. The van der Waals surface area contributed by atoms with Crippen molar-refractivity contribution in [1.82, 2.24) is 0 Å². The molecule has 2 aromatic carbocycles. The van der Waals surface area contributed by atoms with E-state index in [1.54, 1.807) is 18.4 Å². The van der Waals surface area contributed by atoms with Gasteiger partial charge in [0.15, 0.2) is 0 Å². The highest BCUT2D eigenvalue weighted by Crippen LogP contribution is 2.48. The molecular weight excluding hydrogens is 372 g/mol. The van der Waals surface area contributed by atoms with E-state index in [0.29, 0.717) is 21.9 Å². The molecule has 0 fully saturated rings. The van der Waals surface area contributed by atoms with E-state index in [9.17, 15) is 9.59 Å². The first-order chi connectivity index (χ1) is 13.6. The van der Waals surface area contributed by atoms with Crippen LogP contribution in [-0.2, 0) is 9.59 Å². The summed E-state index contributed by atoms with van der Waals surface area (Å²) in [6, 6.07) is 18.2. The van der Waals surface area contributed by atoms with Gasteiger partial charge in [-0.05, 0) is 48.9 Å². The predicted molar refractivity (Wildman–Crippen MR) is 108 cm³/mol. The smallest absolute Gasteiger partial charge is 0.272 e. The number of hydrogen-bond donors (Lipinski definition) is 1. The first-order valence-corrected chi connectivity index (χ1v) is 9.71. The fraction of sp³-hybridized carbons (Fsp3) is 0.0909. The van der Waals surface area contributed by atoms with E-state index in [2.05, 4.69) is 5.32 Å². The molecule has 0 aliphatic carbocycles.